The van der Waals surface area contributed by atoms with E-state index in [1.807, 2.05) is 23.1 Å². The molecule has 3 fully saturated rings. The van der Waals surface area contributed by atoms with E-state index in [2.05, 4.69) is 37.8 Å². The molecule has 170 valence electrons. The molecule has 0 amide bonds. The highest BCUT2D eigenvalue weighted by molar-refractivity contribution is 6.11. The van der Waals surface area contributed by atoms with Crippen LogP contribution in [0.1, 0.15) is 65.8 Å². The number of carbonyl (C=O) groups is 1. The van der Waals surface area contributed by atoms with E-state index in [0.717, 1.165) is 54.5 Å². The van der Waals surface area contributed by atoms with Gasteiger partial charge in [0.15, 0.2) is 5.78 Å². The van der Waals surface area contributed by atoms with Crippen LogP contribution in [-0.2, 0) is 0 Å². The first-order valence-corrected chi connectivity index (χ1v) is 12.1. The molecule has 1 atom stereocenters. The molecule has 3 aromatic heterocycles. The zero-order valence-corrected chi connectivity index (χ0v) is 18.8. The first kappa shape index (κ1) is 19.7. The molecular formula is C26H25N7O. The van der Waals surface area contributed by atoms with Gasteiger partial charge in [-0.05, 0) is 62.8 Å². The Morgan fingerprint density at radius 1 is 1.09 bits per heavy atom. The van der Waals surface area contributed by atoms with Gasteiger partial charge in [-0.25, -0.2) is 9.97 Å². The molecule has 7 rings (SSSR count). The summed E-state index contributed by atoms with van der Waals surface area (Å²) in [5.41, 5.74) is 11.3. The number of rotatable bonds is 4. The van der Waals surface area contributed by atoms with E-state index < -0.39 is 0 Å². The van der Waals surface area contributed by atoms with Crippen molar-refractivity contribution in [2.45, 2.75) is 44.2 Å². The highest BCUT2D eigenvalue weighted by atomic mass is 16.1. The van der Waals surface area contributed by atoms with Crippen molar-refractivity contribution in [3.63, 3.8) is 0 Å². The smallest absolute Gasteiger partial charge is 0.169 e. The molecule has 3 aliphatic rings. The molecule has 0 radical (unpaired) electrons. The third-order valence-electron chi connectivity index (χ3n) is 7.19. The van der Waals surface area contributed by atoms with E-state index in [9.17, 15) is 4.79 Å². The molecule has 2 saturated carbocycles. The summed E-state index contributed by atoms with van der Waals surface area (Å²) >= 11 is 0. The second kappa shape index (κ2) is 7.40. The van der Waals surface area contributed by atoms with Crippen LogP contribution in [-0.4, -0.2) is 43.2 Å². The Balaban J connectivity index is 1.35. The van der Waals surface area contributed by atoms with Crippen LogP contribution in [0.25, 0.3) is 21.9 Å². The topological polar surface area (TPSA) is 104 Å². The molecule has 4 aromatic rings. The van der Waals surface area contributed by atoms with Gasteiger partial charge in [-0.2, -0.15) is 5.10 Å². The number of Topliss-reactive ketones (excluding diaryl/α,β-unsaturated/α-hetero) is 1. The molecule has 2 aliphatic carbocycles. The van der Waals surface area contributed by atoms with Crippen molar-refractivity contribution < 1.29 is 4.79 Å². The second-order valence-corrected chi connectivity index (χ2v) is 9.70. The average Bonchev–Trinajstić information content (AvgIpc) is 3.74. The largest absolute Gasteiger partial charge is 0.383 e. The van der Waals surface area contributed by atoms with E-state index in [-0.39, 0.29) is 17.7 Å². The molecule has 34 heavy (non-hydrogen) atoms. The van der Waals surface area contributed by atoms with Crippen LogP contribution < -0.4 is 11.1 Å². The van der Waals surface area contributed by atoms with E-state index in [1.165, 1.54) is 12.8 Å². The minimum absolute atomic E-state index is 0.0929. The lowest BCUT2D eigenvalue weighted by molar-refractivity contribution is 0.0968. The molecule has 4 heterocycles. The zero-order chi connectivity index (χ0) is 22.8. The molecule has 8 nitrogen and oxygen atoms in total. The summed E-state index contributed by atoms with van der Waals surface area (Å²) in [5, 5.41) is 8.96. The van der Waals surface area contributed by atoms with Gasteiger partial charge in [-0.1, -0.05) is 5.92 Å². The number of ketones is 1. The molecule has 3 N–H and O–H groups in total. The van der Waals surface area contributed by atoms with E-state index in [1.54, 1.807) is 6.20 Å². The molecule has 8 heteroatoms. The van der Waals surface area contributed by atoms with Crippen LogP contribution in [0.2, 0.25) is 0 Å². The van der Waals surface area contributed by atoms with Crippen LogP contribution in [0, 0.1) is 17.8 Å². The number of nitrogens with two attached hydrogens (primary N) is 1. The standard InChI is InChI=1S/C26H25N7O/c27-26-23-20(7-1-15-2-8-22-21(11-15)30-14-32(22)17-5-6-17)31-33(18-9-10-28-12-18)24(23)19(13-29-26)25(34)16-3-4-16/h2,8,11,13-14,16-18,28H,3-6,9-10,12H2,(H2,27,29)/t18-/m0/s1. The number of aromatic nitrogens is 5. The maximum atomic E-state index is 13.1. The maximum absolute atomic E-state index is 13.1. The van der Waals surface area contributed by atoms with E-state index in [4.69, 9.17) is 10.8 Å². The Bertz CT molecular complexity index is 1520. The van der Waals surface area contributed by atoms with Gasteiger partial charge in [-0.15, -0.1) is 0 Å². The lowest BCUT2D eigenvalue weighted by Gasteiger charge is -2.13. The molecule has 1 saturated heterocycles. The Morgan fingerprint density at radius 2 is 1.97 bits per heavy atom. The summed E-state index contributed by atoms with van der Waals surface area (Å²) in [6, 6.07) is 6.89. The van der Waals surface area contributed by atoms with Crippen molar-refractivity contribution in [1.82, 2.24) is 29.6 Å². The molecule has 0 unspecified atom stereocenters. The Morgan fingerprint density at radius 3 is 2.74 bits per heavy atom. The molecule has 1 aliphatic heterocycles. The Labute approximate surface area is 196 Å². The number of imidazole rings is 1. The minimum Gasteiger partial charge on any atom is -0.383 e. The zero-order valence-electron chi connectivity index (χ0n) is 18.8. The fourth-order valence-corrected chi connectivity index (χ4v) is 5.03. The lowest BCUT2D eigenvalue weighted by atomic mass is 10.0. The average molecular weight is 452 g/mol. The van der Waals surface area contributed by atoms with Crippen molar-refractivity contribution in [1.29, 1.82) is 0 Å². The summed E-state index contributed by atoms with van der Waals surface area (Å²) in [6.07, 6.45) is 8.82. The number of anilines is 1. The van der Waals surface area contributed by atoms with Crippen LogP contribution in [0.15, 0.2) is 30.7 Å². The van der Waals surface area contributed by atoms with Crippen molar-refractivity contribution in [2.75, 3.05) is 18.8 Å². The summed E-state index contributed by atoms with van der Waals surface area (Å²) < 4.78 is 4.22. The normalized spacial score (nSPS) is 20.1. The first-order chi connectivity index (χ1) is 16.7. The number of pyridine rings is 1. The SMILES string of the molecule is Nc1ncc(C(=O)C2CC2)c2c1c(C#Cc1ccc3c(c1)ncn3C1CC1)nn2[C@H]1CCNC1. The van der Waals surface area contributed by atoms with E-state index >= 15 is 0 Å². The number of hydrogen-bond acceptors (Lipinski definition) is 6. The van der Waals surface area contributed by atoms with Gasteiger partial charge in [0.2, 0.25) is 0 Å². The van der Waals surface area contributed by atoms with E-state index in [0.29, 0.717) is 28.5 Å². The number of benzene rings is 1. The quantitative estimate of drug-likeness (QED) is 0.365. The van der Waals surface area contributed by atoms with Gasteiger partial charge in [0.1, 0.15) is 11.5 Å². The summed E-state index contributed by atoms with van der Waals surface area (Å²) in [6.45, 7) is 1.73. The highest BCUT2D eigenvalue weighted by Crippen LogP contribution is 2.38. The number of carbonyl (C=O) groups excluding carboxylic acids is 1. The number of hydrogen-bond donors (Lipinski definition) is 2. The van der Waals surface area contributed by atoms with Gasteiger partial charge in [-0.3, -0.25) is 9.48 Å². The number of nitrogens with zero attached hydrogens (tertiary/aromatic N) is 5. The monoisotopic (exact) mass is 451 g/mol. The number of fused-ring (bicyclic) bond motifs is 2. The predicted molar refractivity (Wildman–Crippen MR) is 130 cm³/mol. The number of nitrogens with one attached hydrogen (secondary N) is 1. The van der Waals surface area contributed by atoms with Crippen LogP contribution in [0.3, 0.4) is 0 Å². The van der Waals surface area contributed by atoms with Gasteiger partial charge < -0.3 is 15.6 Å². The summed E-state index contributed by atoms with van der Waals surface area (Å²) in [4.78, 5) is 22.0. The lowest BCUT2D eigenvalue weighted by Crippen LogP contribution is -2.16. The van der Waals surface area contributed by atoms with Gasteiger partial charge >= 0.3 is 0 Å². The Hall–Kier alpha value is -3.70. The van der Waals surface area contributed by atoms with Gasteiger partial charge in [0, 0.05) is 30.3 Å². The molecule has 0 bridgehead atoms. The second-order valence-electron chi connectivity index (χ2n) is 9.70. The van der Waals surface area contributed by atoms with Crippen molar-refractivity contribution in [2.24, 2.45) is 5.92 Å². The van der Waals surface area contributed by atoms with Crippen LogP contribution >= 0.6 is 0 Å². The first-order valence-electron chi connectivity index (χ1n) is 12.1. The third-order valence-corrected chi connectivity index (χ3v) is 7.19. The predicted octanol–water partition coefficient (Wildman–Crippen LogP) is 3.23. The molecule has 0 spiro atoms. The summed E-state index contributed by atoms with van der Waals surface area (Å²) in [5.74, 6) is 7.09. The third kappa shape index (κ3) is 3.19. The molecule has 1 aromatic carbocycles. The Kier molecular flexibility index (Phi) is 4.30. The van der Waals surface area contributed by atoms with Crippen molar-refractivity contribution in [3.8, 4) is 11.8 Å². The fraction of sp³-hybridized carbons (Fsp3) is 0.385. The van der Waals surface area contributed by atoms with Gasteiger partial charge in [0.25, 0.3) is 0 Å². The minimum atomic E-state index is 0.0929. The van der Waals surface area contributed by atoms with Crippen molar-refractivity contribution in [3.05, 3.63) is 47.5 Å². The summed E-state index contributed by atoms with van der Waals surface area (Å²) in [7, 11) is 0. The molecular weight excluding hydrogens is 426 g/mol. The fourth-order valence-electron chi connectivity index (χ4n) is 5.03. The maximum Gasteiger partial charge on any atom is 0.169 e. The number of nitrogen functional groups attached to an aromatic ring is 1. The highest BCUT2D eigenvalue weighted by Gasteiger charge is 2.34. The van der Waals surface area contributed by atoms with Crippen LogP contribution in [0.5, 0.6) is 0 Å². The van der Waals surface area contributed by atoms with Crippen molar-refractivity contribution >= 4 is 33.5 Å². The van der Waals surface area contributed by atoms with Gasteiger partial charge in [0.05, 0.1) is 39.9 Å². The van der Waals surface area contributed by atoms with Crippen LogP contribution in [0.4, 0.5) is 5.82 Å².